The van der Waals surface area contributed by atoms with Crippen molar-refractivity contribution in [3.63, 3.8) is 0 Å². The number of nitrogens with two attached hydrogens (primary N) is 1. The van der Waals surface area contributed by atoms with Crippen LogP contribution in [0, 0.1) is 11.8 Å². The molecule has 1 aliphatic rings. The molecule has 6 atom stereocenters. The average Bonchev–Trinajstić information content (AvgIpc) is 3.47. The minimum atomic E-state index is -4.45. The molecule has 5 N–H and O–H groups in total. The smallest absolute Gasteiger partial charge is 0.462 e. The predicted molar refractivity (Wildman–Crippen MR) is 230 cm³/mol. The third kappa shape index (κ3) is 29.1. The molecule has 0 aromatic rings. The van der Waals surface area contributed by atoms with E-state index in [1.165, 1.54) is 64.2 Å². The minimum Gasteiger partial charge on any atom is -0.462 e. The maximum Gasteiger partial charge on any atom is 0.472 e. The van der Waals surface area contributed by atoms with Gasteiger partial charge in [-0.05, 0) is 57.8 Å². The van der Waals surface area contributed by atoms with Crippen LogP contribution in [0.1, 0.15) is 174 Å². The van der Waals surface area contributed by atoms with Crippen LogP contribution in [0.25, 0.3) is 0 Å². The molecule has 0 heterocycles. The highest BCUT2D eigenvalue weighted by molar-refractivity contribution is 7.47. The summed E-state index contributed by atoms with van der Waals surface area (Å²) in [6.07, 6.45) is 32.5. The van der Waals surface area contributed by atoms with Gasteiger partial charge >= 0.3 is 19.8 Å². The molecule has 0 saturated heterocycles. The van der Waals surface area contributed by atoms with Crippen molar-refractivity contribution in [1.82, 2.24) is 0 Å². The van der Waals surface area contributed by atoms with Crippen molar-refractivity contribution in [2.24, 2.45) is 17.6 Å². The fraction of sp³-hybridized carbons (Fsp3) is 0.800. The van der Waals surface area contributed by atoms with Crippen LogP contribution in [0.4, 0.5) is 0 Å². The second-order valence-electron chi connectivity index (χ2n) is 15.7. The van der Waals surface area contributed by atoms with E-state index < -0.39 is 50.6 Å². The van der Waals surface area contributed by atoms with Crippen LogP contribution in [0.2, 0.25) is 0 Å². The maximum atomic E-state index is 12.7. The van der Waals surface area contributed by atoms with Crippen molar-refractivity contribution in [3.8, 4) is 0 Å². The number of esters is 2. The second kappa shape index (κ2) is 35.6. The number of Topliss-reactive ketones (excluding diaryl/α,β-unsaturated/α-hetero) is 1. The first-order valence-electron chi connectivity index (χ1n) is 22.6. The minimum absolute atomic E-state index is 0.00962. The third-order valence-electron chi connectivity index (χ3n) is 10.4. The molecule has 1 unspecified atom stereocenters. The number of phosphoric acid groups is 1. The van der Waals surface area contributed by atoms with E-state index in [1.807, 2.05) is 12.2 Å². The Morgan fingerprint density at radius 1 is 0.776 bits per heavy atom. The Morgan fingerprint density at radius 3 is 2.00 bits per heavy atom. The van der Waals surface area contributed by atoms with Crippen molar-refractivity contribution in [2.75, 3.05) is 26.4 Å². The number of phosphoric ester groups is 1. The van der Waals surface area contributed by atoms with Crippen molar-refractivity contribution >= 4 is 25.5 Å². The molecule has 0 radical (unpaired) electrons. The summed E-state index contributed by atoms with van der Waals surface area (Å²) in [5.74, 6) is -1.79. The summed E-state index contributed by atoms with van der Waals surface area (Å²) in [5.41, 5.74) is 5.34. The molecule has 58 heavy (non-hydrogen) atoms. The number of ketones is 1. The van der Waals surface area contributed by atoms with Crippen molar-refractivity contribution in [2.45, 2.75) is 193 Å². The van der Waals surface area contributed by atoms with Gasteiger partial charge in [0.15, 0.2) is 6.10 Å². The molecule has 12 nitrogen and oxygen atoms in total. The van der Waals surface area contributed by atoms with Gasteiger partial charge in [-0.3, -0.25) is 23.4 Å². The van der Waals surface area contributed by atoms with Crippen LogP contribution in [0.3, 0.4) is 0 Å². The SMILES string of the molecule is CCCCCCCC/C=C\CCCCCCCCCC(=O)OC[C@H](COP(=O)(O)OCCN)OC(=O)CCC/C=C\C[C@H]1[C@@H](O)CC(=O)[C@@H]1/C=C/[C@@H](O)CCCCC. The van der Waals surface area contributed by atoms with Crippen LogP contribution in [-0.4, -0.2) is 77.5 Å². The predicted octanol–water partition coefficient (Wildman–Crippen LogP) is 9.53. The largest absolute Gasteiger partial charge is 0.472 e. The van der Waals surface area contributed by atoms with E-state index in [1.54, 1.807) is 12.2 Å². The van der Waals surface area contributed by atoms with Gasteiger partial charge in [-0.25, -0.2) is 4.57 Å². The molecule has 1 saturated carbocycles. The van der Waals surface area contributed by atoms with Crippen LogP contribution in [0.15, 0.2) is 36.5 Å². The summed E-state index contributed by atoms with van der Waals surface area (Å²) >= 11 is 0. The molecule has 0 aliphatic heterocycles. The van der Waals surface area contributed by atoms with Gasteiger partial charge in [0, 0.05) is 37.6 Å². The number of hydrogen-bond donors (Lipinski definition) is 4. The molecule has 1 aliphatic carbocycles. The molecule has 0 aromatic heterocycles. The third-order valence-corrected chi connectivity index (χ3v) is 11.4. The number of carbonyl (C=O) groups is 3. The Bertz CT molecular complexity index is 1210. The van der Waals surface area contributed by atoms with Crippen molar-refractivity contribution in [3.05, 3.63) is 36.5 Å². The number of carbonyl (C=O) groups excluding carboxylic acids is 3. The van der Waals surface area contributed by atoms with Gasteiger partial charge in [-0.2, -0.15) is 0 Å². The topological polar surface area (TPSA) is 192 Å². The average molecular weight is 842 g/mol. The lowest BCUT2D eigenvalue weighted by atomic mass is 9.90. The molecule has 1 rings (SSSR count). The van der Waals surface area contributed by atoms with Gasteiger partial charge in [0.1, 0.15) is 12.4 Å². The Labute approximate surface area is 350 Å². The highest BCUT2D eigenvalue weighted by atomic mass is 31.2. The van der Waals surface area contributed by atoms with E-state index in [2.05, 4.69) is 26.0 Å². The number of aliphatic hydroxyl groups excluding tert-OH is 2. The molecular formula is C45H80NO11P. The normalized spacial score (nSPS) is 19.3. The van der Waals surface area contributed by atoms with E-state index in [9.17, 15) is 34.1 Å². The molecule has 1 fully saturated rings. The van der Waals surface area contributed by atoms with Crippen molar-refractivity contribution < 1.29 is 52.6 Å². The lowest BCUT2D eigenvalue weighted by Crippen LogP contribution is -2.29. The van der Waals surface area contributed by atoms with Gasteiger partial charge in [-0.15, -0.1) is 0 Å². The zero-order valence-electron chi connectivity index (χ0n) is 36.0. The molecule has 13 heteroatoms. The Morgan fingerprint density at radius 2 is 1.34 bits per heavy atom. The number of unbranched alkanes of at least 4 members (excludes halogenated alkanes) is 16. The second-order valence-corrected chi connectivity index (χ2v) is 17.2. The number of aliphatic hydroxyl groups is 2. The molecule has 336 valence electrons. The molecular weight excluding hydrogens is 761 g/mol. The Kier molecular flexibility index (Phi) is 33.0. The maximum absolute atomic E-state index is 12.7. The summed E-state index contributed by atoms with van der Waals surface area (Å²) in [6.45, 7) is 3.31. The molecule has 0 amide bonds. The first kappa shape index (κ1) is 53.8. The number of rotatable bonds is 38. The first-order valence-corrected chi connectivity index (χ1v) is 24.1. The van der Waals surface area contributed by atoms with Gasteiger partial charge < -0.3 is 30.3 Å². The Balaban J connectivity index is 2.39. The van der Waals surface area contributed by atoms with Crippen LogP contribution in [-0.2, 0) is 37.5 Å². The quantitative estimate of drug-likeness (QED) is 0.0200. The van der Waals surface area contributed by atoms with E-state index in [0.29, 0.717) is 32.1 Å². The van der Waals surface area contributed by atoms with Gasteiger partial charge in [0.05, 0.1) is 25.4 Å². The highest BCUT2D eigenvalue weighted by Gasteiger charge is 2.39. The fourth-order valence-electron chi connectivity index (χ4n) is 6.90. The lowest BCUT2D eigenvalue weighted by Gasteiger charge is -2.19. The lowest BCUT2D eigenvalue weighted by molar-refractivity contribution is -0.161. The zero-order valence-corrected chi connectivity index (χ0v) is 36.9. The van der Waals surface area contributed by atoms with Crippen LogP contribution in [0.5, 0.6) is 0 Å². The van der Waals surface area contributed by atoms with Gasteiger partial charge in [0.25, 0.3) is 0 Å². The summed E-state index contributed by atoms with van der Waals surface area (Å²) < 4.78 is 32.7. The highest BCUT2D eigenvalue weighted by Crippen LogP contribution is 2.43. The fourth-order valence-corrected chi connectivity index (χ4v) is 7.67. The van der Waals surface area contributed by atoms with Gasteiger partial charge in [0.2, 0.25) is 0 Å². The van der Waals surface area contributed by atoms with E-state index in [0.717, 1.165) is 44.9 Å². The number of hydrogen-bond acceptors (Lipinski definition) is 11. The molecule has 0 bridgehead atoms. The number of ether oxygens (including phenoxy) is 2. The zero-order chi connectivity index (χ0) is 42.7. The summed E-state index contributed by atoms with van der Waals surface area (Å²) in [5, 5.41) is 20.7. The molecule has 0 spiro atoms. The van der Waals surface area contributed by atoms with Crippen LogP contribution >= 0.6 is 7.82 Å². The summed E-state index contributed by atoms with van der Waals surface area (Å²) in [4.78, 5) is 47.6. The van der Waals surface area contributed by atoms with Crippen LogP contribution < -0.4 is 5.73 Å². The standard InChI is InChI=1S/C45H80NO11P/c1-3-5-7-8-9-10-11-12-13-14-15-16-17-18-19-20-25-29-44(50)54-36-39(37-56-58(52,53)55-34-33-46)57-45(51)30-26-22-21-24-28-40-41(43(49)35-42(40)48)32-31-38(47)27-23-6-4-2/h12-13,21,24,31-32,38-42,47-48H,3-11,14-20,22-23,25-30,33-37,46H2,1-2H3,(H,52,53)/b13-12-,24-21-,32-31+/t38-,39+,40+,41+,42-/m0/s1. The van der Waals surface area contributed by atoms with Crippen molar-refractivity contribution in [1.29, 1.82) is 0 Å². The molecule has 0 aromatic carbocycles. The van der Waals surface area contributed by atoms with E-state index in [-0.39, 0.29) is 50.7 Å². The Hall–Kier alpha value is -2.18. The van der Waals surface area contributed by atoms with Gasteiger partial charge in [-0.1, -0.05) is 134 Å². The van der Waals surface area contributed by atoms with E-state index >= 15 is 0 Å². The van der Waals surface area contributed by atoms with E-state index in [4.69, 9.17) is 24.3 Å². The number of allylic oxidation sites excluding steroid dienone is 5. The summed E-state index contributed by atoms with van der Waals surface area (Å²) in [7, 11) is -4.45. The first-order chi connectivity index (χ1) is 28.0. The monoisotopic (exact) mass is 842 g/mol. The summed E-state index contributed by atoms with van der Waals surface area (Å²) in [6, 6.07) is 0.